The first-order chi connectivity index (χ1) is 10.7. The molecule has 5 rings (SSSR count). The molecular weight excluding hydrogens is 278 g/mol. The third-order valence-electron chi connectivity index (χ3n) is 6.21. The van der Waals surface area contributed by atoms with Gasteiger partial charge in [-0.3, -0.25) is 4.90 Å². The van der Waals surface area contributed by atoms with Crippen molar-refractivity contribution in [1.29, 1.82) is 0 Å². The number of hydrogen-bond acceptors (Lipinski definition) is 4. The predicted octanol–water partition coefficient (Wildman–Crippen LogP) is 1.65. The van der Waals surface area contributed by atoms with Crippen molar-refractivity contribution in [2.45, 2.75) is 42.9 Å². The molecule has 0 aromatic heterocycles. The van der Waals surface area contributed by atoms with Gasteiger partial charge in [-0.15, -0.1) is 0 Å². The fraction of sp³-hybridized carbons (Fsp3) is 0.556. The normalized spacial score (nSPS) is 38.1. The molecule has 22 heavy (non-hydrogen) atoms. The molecular formula is C18H21NO3. The molecule has 1 fully saturated rings. The van der Waals surface area contributed by atoms with E-state index in [9.17, 15) is 5.11 Å². The van der Waals surface area contributed by atoms with Gasteiger partial charge in [-0.25, -0.2) is 0 Å². The van der Waals surface area contributed by atoms with Crippen LogP contribution in [0.15, 0.2) is 23.8 Å². The van der Waals surface area contributed by atoms with Crippen molar-refractivity contribution in [3.05, 3.63) is 34.9 Å². The summed E-state index contributed by atoms with van der Waals surface area (Å²) in [5, 5.41) is 10.6. The number of methoxy groups -OCH3 is 1. The van der Waals surface area contributed by atoms with Crippen LogP contribution in [0.25, 0.3) is 0 Å². The second kappa shape index (κ2) is 4.06. The van der Waals surface area contributed by atoms with Gasteiger partial charge in [0.2, 0.25) is 0 Å². The lowest BCUT2D eigenvalue weighted by atomic mass is 9.56. The third kappa shape index (κ3) is 1.28. The fourth-order valence-corrected chi connectivity index (χ4v) is 5.25. The maximum absolute atomic E-state index is 10.6. The molecule has 2 bridgehead atoms. The van der Waals surface area contributed by atoms with Gasteiger partial charge in [0.05, 0.1) is 18.6 Å². The number of hydrogen-bond donors (Lipinski definition) is 1. The molecule has 2 aliphatic carbocycles. The van der Waals surface area contributed by atoms with E-state index in [0.29, 0.717) is 12.5 Å². The molecule has 1 spiro atoms. The van der Waals surface area contributed by atoms with E-state index in [1.54, 1.807) is 7.11 Å². The van der Waals surface area contributed by atoms with Gasteiger partial charge in [-0.2, -0.15) is 0 Å². The molecule has 1 aromatic carbocycles. The Kier molecular flexibility index (Phi) is 2.39. The largest absolute Gasteiger partial charge is 0.493 e. The predicted molar refractivity (Wildman–Crippen MR) is 82.5 cm³/mol. The van der Waals surface area contributed by atoms with E-state index >= 15 is 0 Å². The van der Waals surface area contributed by atoms with Crippen molar-refractivity contribution >= 4 is 0 Å². The molecule has 0 saturated carbocycles. The number of aliphatic hydroxyl groups is 1. The number of nitrogens with zero attached hydrogens (tertiary/aromatic N) is 1. The van der Waals surface area contributed by atoms with Gasteiger partial charge >= 0.3 is 0 Å². The lowest BCUT2D eigenvalue weighted by molar-refractivity contribution is -0.0124. The lowest BCUT2D eigenvalue weighted by Gasteiger charge is -2.54. The molecule has 1 aromatic rings. The Morgan fingerprint density at radius 2 is 2.27 bits per heavy atom. The van der Waals surface area contributed by atoms with Crippen LogP contribution in [0.4, 0.5) is 0 Å². The first-order valence-corrected chi connectivity index (χ1v) is 8.12. The summed E-state index contributed by atoms with van der Waals surface area (Å²) in [7, 11) is 3.90. The number of benzene rings is 1. The van der Waals surface area contributed by atoms with E-state index in [4.69, 9.17) is 9.47 Å². The lowest BCUT2D eigenvalue weighted by Crippen LogP contribution is -2.61. The van der Waals surface area contributed by atoms with Gasteiger partial charge in [-0.1, -0.05) is 12.1 Å². The summed E-state index contributed by atoms with van der Waals surface area (Å²) >= 11 is 0. The van der Waals surface area contributed by atoms with Gasteiger partial charge in [0.25, 0.3) is 0 Å². The number of likely N-dealkylation sites (tertiary alicyclic amines) is 1. The molecule has 2 heterocycles. The van der Waals surface area contributed by atoms with Crippen LogP contribution < -0.4 is 9.47 Å². The Labute approximate surface area is 130 Å². The Hall–Kier alpha value is -1.52. The van der Waals surface area contributed by atoms with Crippen LogP contribution in [0.2, 0.25) is 0 Å². The highest BCUT2D eigenvalue weighted by molar-refractivity contribution is 5.65. The highest BCUT2D eigenvalue weighted by Crippen LogP contribution is 2.62. The first-order valence-electron chi connectivity index (χ1n) is 8.12. The van der Waals surface area contributed by atoms with E-state index in [1.807, 2.05) is 6.07 Å². The number of piperidine rings is 1. The zero-order valence-corrected chi connectivity index (χ0v) is 13.0. The minimum Gasteiger partial charge on any atom is -0.493 e. The van der Waals surface area contributed by atoms with E-state index in [1.165, 1.54) is 16.7 Å². The number of rotatable bonds is 1. The summed E-state index contributed by atoms with van der Waals surface area (Å²) < 4.78 is 11.8. The molecule has 4 heteroatoms. The SMILES string of the molecule is COc1ccc2c3c1O[C@H]1[C@H](O)CC=C4[C@@H](C2)N(C)CC[C@]431. The monoisotopic (exact) mass is 299 g/mol. The fourth-order valence-electron chi connectivity index (χ4n) is 5.25. The Bertz CT molecular complexity index is 698. The molecule has 1 saturated heterocycles. The molecule has 4 atom stereocenters. The van der Waals surface area contributed by atoms with Crippen molar-refractivity contribution in [3.63, 3.8) is 0 Å². The Morgan fingerprint density at radius 1 is 1.41 bits per heavy atom. The third-order valence-corrected chi connectivity index (χ3v) is 6.21. The van der Waals surface area contributed by atoms with Crippen molar-refractivity contribution in [1.82, 2.24) is 4.90 Å². The molecule has 0 amide bonds. The van der Waals surface area contributed by atoms with Crippen LogP contribution in [0, 0.1) is 0 Å². The summed E-state index contributed by atoms with van der Waals surface area (Å²) in [5.41, 5.74) is 4.00. The summed E-state index contributed by atoms with van der Waals surface area (Å²) in [6, 6.07) is 4.65. The van der Waals surface area contributed by atoms with Crippen LogP contribution in [0.1, 0.15) is 24.0 Å². The van der Waals surface area contributed by atoms with Gasteiger partial charge in [0, 0.05) is 11.6 Å². The quantitative estimate of drug-likeness (QED) is 0.801. The first kappa shape index (κ1) is 13.0. The molecule has 0 unspecified atom stereocenters. The summed E-state index contributed by atoms with van der Waals surface area (Å²) in [5.74, 6) is 1.67. The molecule has 4 nitrogen and oxygen atoms in total. The topological polar surface area (TPSA) is 41.9 Å². The van der Waals surface area contributed by atoms with Gasteiger partial charge < -0.3 is 14.6 Å². The number of aliphatic hydroxyl groups excluding tert-OH is 1. The molecule has 116 valence electrons. The summed E-state index contributed by atoms with van der Waals surface area (Å²) in [6.45, 7) is 1.05. The maximum Gasteiger partial charge on any atom is 0.166 e. The van der Waals surface area contributed by atoms with Gasteiger partial charge in [0.1, 0.15) is 6.10 Å². The van der Waals surface area contributed by atoms with Crippen LogP contribution in [0.5, 0.6) is 11.5 Å². The molecule has 1 N–H and O–H groups in total. The second-order valence-corrected chi connectivity index (χ2v) is 7.05. The highest BCUT2D eigenvalue weighted by Gasteiger charge is 2.62. The Morgan fingerprint density at radius 3 is 3.09 bits per heavy atom. The Balaban J connectivity index is 1.84. The van der Waals surface area contributed by atoms with E-state index in [2.05, 4.69) is 24.1 Å². The smallest absolute Gasteiger partial charge is 0.166 e. The van der Waals surface area contributed by atoms with E-state index < -0.39 is 6.10 Å². The van der Waals surface area contributed by atoms with Gasteiger partial charge in [-0.05, 0) is 50.1 Å². The standard InChI is InChI=1S/C18H21NO3/c1-19-8-7-18-11-4-5-13(20)17(18)22-16-14(21-2)6-3-10(15(16)18)9-12(11)19/h3-4,6,12-13,17,20H,5,7-9H2,1-2H3/t12-,13-,17+,18+/m1/s1. The van der Waals surface area contributed by atoms with E-state index in [0.717, 1.165) is 30.9 Å². The second-order valence-electron chi connectivity index (χ2n) is 7.05. The molecule has 0 radical (unpaired) electrons. The van der Waals surface area contributed by atoms with Crippen molar-refractivity contribution in [2.75, 3.05) is 20.7 Å². The number of likely N-dealkylation sites (N-methyl/N-ethyl adjacent to an activating group) is 1. The highest BCUT2D eigenvalue weighted by atomic mass is 16.5. The average molecular weight is 299 g/mol. The van der Waals surface area contributed by atoms with E-state index in [-0.39, 0.29) is 11.5 Å². The zero-order valence-electron chi connectivity index (χ0n) is 13.0. The van der Waals surface area contributed by atoms with Crippen LogP contribution in [-0.4, -0.2) is 49.0 Å². The minimum absolute atomic E-state index is 0.133. The van der Waals surface area contributed by atoms with Crippen LogP contribution in [-0.2, 0) is 11.8 Å². The average Bonchev–Trinajstić information content (AvgIpc) is 2.88. The van der Waals surface area contributed by atoms with Crippen LogP contribution in [0.3, 0.4) is 0 Å². The zero-order chi connectivity index (χ0) is 15.1. The van der Waals surface area contributed by atoms with Crippen molar-refractivity contribution < 1.29 is 14.6 Å². The number of ether oxygens (including phenoxy) is 2. The van der Waals surface area contributed by atoms with Gasteiger partial charge in [0.15, 0.2) is 11.5 Å². The maximum atomic E-state index is 10.6. The minimum atomic E-state index is -0.434. The summed E-state index contributed by atoms with van der Waals surface area (Å²) in [6.07, 6.45) is 4.42. The van der Waals surface area contributed by atoms with Crippen molar-refractivity contribution in [3.8, 4) is 11.5 Å². The summed E-state index contributed by atoms with van der Waals surface area (Å²) in [4.78, 5) is 2.46. The molecule has 2 aliphatic heterocycles. The molecule has 4 aliphatic rings. The van der Waals surface area contributed by atoms with Crippen molar-refractivity contribution in [2.24, 2.45) is 0 Å². The van der Waals surface area contributed by atoms with Crippen LogP contribution >= 0.6 is 0 Å².